The van der Waals surface area contributed by atoms with Gasteiger partial charge in [-0.1, -0.05) is 0 Å². The molecule has 3 rings (SSSR count). The molecule has 0 saturated carbocycles. The Hall–Kier alpha value is -1.75. The topological polar surface area (TPSA) is 59.8 Å². The molecule has 1 saturated heterocycles. The second-order valence-electron chi connectivity index (χ2n) is 5.18. The first-order chi connectivity index (χ1) is 9.16. The van der Waals surface area contributed by atoms with E-state index in [1.807, 2.05) is 7.05 Å². The molecule has 1 aliphatic rings. The van der Waals surface area contributed by atoms with E-state index in [0.717, 1.165) is 37.0 Å². The molecule has 1 fully saturated rings. The van der Waals surface area contributed by atoms with E-state index in [2.05, 4.69) is 21.4 Å². The first kappa shape index (κ1) is 12.3. The van der Waals surface area contributed by atoms with Gasteiger partial charge in [0.15, 0.2) is 0 Å². The first-order valence-electron chi connectivity index (χ1n) is 6.71. The Balaban J connectivity index is 2.18. The van der Waals surface area contributed by atoms with E-state index in [0.29, 0.717) is 17.3 Å². The summed E-state index contributed by atoms with van der Waals surface area (Å²) in [6.07, 6.45) is 3.90. The van der Waals surface area contributed by atoms with Crippen LogP contribution in [0.5, 0.6) is 0 Å². The summed E-state index contributed by atoms with van der Waals surface area (Å²) in [4.78, 5) is 20.9. The largest absolute Gasteiger partial charge is 0.317 e. The van der Waals surface area contributed by atoms with Gasteiger partial charge in [0.25, 0.3) is 5.56 Å². The molecular formula is C14H18N4O. The van der Waals surface area contributed by atoms with Gasteiger partial charge in [0.2, 0.25) is 0 Å². The van der Waals surface area contributed by atoms with Crippen molar-refractivity contribution < 1.29 is 0 Å². The van der Waals surface area contributed by atoms with Gasteiger partial charge in [0.1, 0.15) is 11.3 Å². The smallest absolute Gasteiger partial charge is 0.277 e. The van der Waals surface area contributed by atoms with Gasteiger partial charge in [0, 0.05) is 30.2 Å². The Kier molecular flexibility index (Phi) is 3.06. The van der Waals surface area contributed by atoms with Crippen LogP contribution in [0.15, 0.2) is 17.1 Å². The molecule has 0 spiro atoms. The third-order valence-electron chi connectivity index (χ3n) is 3.89. The highest BCUT2D eigenvalue weighted by Crippen LogP contribution is 2.25. The van der Waals surface area contributed by atoms with Gasteiger partial charge in [-0.25, -0.2) is 9.97 Å². The van der Waals surface area contributed by atoms with Gasteiger partial charge in [0.05, 0.1) is 0 Å². The molecule has 19 heavy (non-hydrogen) atoms. The van der Waals surface area contributed by atoms with E-state index >= 15 is 0 Å². The van der Waals surface area contributed by atoms with E-state index < -0.39 is 0 Å². The number of piperidine rings is 1. The monoisotopic (exact) mass is 258 g/mol. The van der Waals surface area contributed by atoms with Gasteiger partial charge in [-0.3, -0.25) is 4.79 Å². The van der Waals surface area contributed by atoms with Crippen LogP contribution in [0, 0.1) is 6.92 Å². The first-order valence-corrected chi connectivity index (χ1v) is 6.71. The maximum Gasteiger partial charge on any atom is 0.277 e. The minimum atomic E-state index is -0.0171. The average Bonchev–Trinajstić information content (AvgIpc) is 2.44. The van der Waals surface area contributed by atoms with Gasteiger partial charge in [-0.2, -0.15) is 0 Å². The summed E-state index contributed by atoms with van der Waals surface area (Å²) in [5.74, 6) is 1.09. The second-order valence-corrected chi connectivity index (χ2v) is 5.18. The number of nitrogens with one attached hydrogen (secondary N) is 1. The van der Waals surface area contributed by atoms with Crippen LogP contribution in [0.2, 0.25) is 0 Å². The zero-order chi connectivity index (χ0) is 13.4. The molecule has 0 unspecified atom stereocenters. The summed E-state index contributed by atoms with van der Waals surface area (Å²) >= 11 is 0. The molecule has 0 bridgehead atoms. The van der Waals surface area contributed by atoms with Gasteiger partial charge < -0.3 is 9.88 Å². The standard InChI is InChI=1S/C14H18N4O/c1-9-16-8-11-7-12(10-3-5-15-6-4-10)18(2)14(19)13(11)17-9/h7-8,10,15H,3-6H2,1-2H3. The maximum atomic E-state index is 12.4. The highest BCUT2D eigenvalue weighted by Gasteiger charge is 2.19. The summed E-state index contributed by atoms with van der Waals surface area (Å²) in [6.45, 7) is 3.84. The Morgan fingerprint density at radius 3 is 2.84 bits per heavy atom. The number of pyridine rings is 1. The number of rotatable bonds is 1. The van der Waals surface area contributed by atoms with Gasteiger partial charge in [-0.15, -0.1) is 0 Å². The molecule has 0 aliphatic carbocycles. The normalized spacial score (nSPS) is 16.9. The summed E-state index contributed by atoms with van der Waals surface area (Å²) in [6, 6.07) is 2.08. The van der Waals surface area contributed by atoms with E-state index in [9.17, 15) is 4.79 Å². The number of nitrogens with zero attached hydrogens (tertiary/aromatic N) is 3. The molecule has 0 aromatic carbocycles. The molecule has 1 N–H and O–H groups in total. The third kappa shape index (κ3) is 2.14. The van der Waals surface area contributed by atoms with Crippen molar-refractivity contribution in [2.24, 2.45) is 7.05 Å². The van der Waals surface area contributed by atoms with Crippen LogP contribution >= 0.6 is 0 Å². The molecular weight excluding hydrogens is 240 g/mol. The highest BCUT2D eigenvalue weighted by atomic mass is 16.1. The maximum absolute atomic E-state index is 12.4. The lowest BCUT2D eigenvalue weighted by Gasteiger charge is -2.25. The van der Waals surface area contributed by atoms with Gasteiger partial charge >= 0.3 is 0 Å². The number of aromatic nitrogens is 3. The summed E-state index contributed by atoms with van der Waals surface area (Å²) < 4.78 is 1.75. The molecule has 0 atom stereocenters. The average molecular weight is 258 g/mol. The molecule has 3 heterocycles. The second kappa shape index (κ2) is 4.74. The summed E-state index contributed by atoms with van der Waals surface area (Å²) in [5, 5.41) is 4.20. The quantitative estimate of drug-likeness (QED) is 0.832. The fourth-order valence-electron chi connectivity index (χ4n) is 2.80. The van der Waals surface area contributed by atoms with Crippen molar-refractivity contribution in [1.82, 2.24) is 19.9 Å². The fourth-order valence-corrected chi connectivity index (χ4v) is 2.80. The predicted octanol–water partition coefficient (Wildman–Crippen LogP) is 1.10. The third-order valence-corrected chi connectivity index (χ3v) is 3.89. The van der Waals surface area contributed by atoms with E-state index in [4.69, 9.17) is 0 Å². The minimum Gasteiger partial charge on any atom is -0.317 e. The lowest BCUT2D eigenvalue weighted by Crippen LogP contribution is -2.30. The van der Waals surface area contributed by atoms with Crippen LogP contribution in [0.1, 0.15) is 30.3 Å². The summed E-state index contributed by atoms with van der Waals surface area (Å²) in [5.41, 5.74) is 1.61. The fraction of sp³-hybridized carbons (Fsp3) is 0.500. The minimum absolute atomic E-state index is 0.0171. The van der Waals surface area contributed by atoms with Crippen LogP contribution in [0.4, 0.5) is 0 Å². The highest BCUT2D eigenvalue weighted by molar-refractivity contribution is 5.77. The van der Waals surface area contributed by atoms with Crippen molar-refractivity contribution in [3.05, 3.63) is 34.1 Å². The lowest BCUT2D eigenvalue weighted by atomic mass is 9.93. The van der Waals surface area contributed by atoms with Crippen LogP contribution in [-0.4, -0.2) is 27.6 Å². The van der Waals surface area contributed by atoms with Crippen molar-refractivity contribution in [2.45, 2.75) is 25.7 Å². The van der Waals surface area contributed by atoms with Crippen molar-refractivity contribution >= 4 is 10.9 Å². The molecule has 0 amide bonds. The van der Waals surface area contributed by atoms with Crippen molar-refractivity contribution in [3.63, 3.8) is 0 Å². The Morgan fingerprint density at radius 1 is 1.37 bits per heavy atom. The summed E-state index contributed by atoms with van der Waals surface area (Å²) in [7, 11) is 1.84. The molecule has 5 nitrogen and oxygen atoms in total. The van der Waals surface area contributed by atoms with Crippen LogP contribution in [-0.2, 0) is 7.05 Å². The zero-order valence-electron chi connectivity index (χ0n) is 11.3. The number of hydrogen-bond donors (Lipinski definition) is 1. The van der Waals surface area contributed by atoms with Crippen LogP contribution in [0.25, 0.3) is 10.9 Å². The van der Waals surface area contributed by atoms with E-state index in [-0.39, 0.29) is 5.56 Å². The van der Waals surface area contributed by atoms with Crippen molar-refractivity contribution in [1.29, 1.82) is 0 Å². The predicted molar refractivity (Wildman–Crippen MR) is 74.4 cm³/mol. The van der Waals surface area contributed by atoms with E-state index in [1.165, 1.54) is 0 Å². The van der Waals surface area contributed by atoms with Gasteiger partial charge in [-0.05, 0) is 38.9 Å². The SMILES string of the molecule is Cc1ncc2cc(C3CCNCC3)n(C)c(=O)c2n1. The van der Waals surface area contributed by atoms with Crippen molar-refractivity contribution in [3.8, 4) is 0 Å². The van der Waals surface area contributed by atoms with Crippen molar-refractivity contribution in [2.75, 3.05) is 13.1 Å². The molecule has 5 heteroatoms. The number of hydrogen-bond acceptors (Lipinski definition) is 4. The Bertz CT molecular complexity index is 671. The Labute approximate surface area is 111 Å². The van der Waals surface area contributed by atoms with E-state index in [1.54, 1.807) is 17.7 Å². The number of aryl methyl sites for hydroxylation is 1. The molecule has 1 aliphatic heterocycles. The molecule has 2 aromatic heterocycles. The Morgan fingerprint density at radius 2 is 2.11 bits per heavy atom. The molecule has 100 valence electrons. The van der Waals surface area contributed by atoms with Crippen LogP contribution < -0.4 is 10.9 Å². The molecule has 2 aromatic rings. The van der Waals surface area contributed by atoms with Crippen LogP contribution in [0.3, 0.4) is 0 Å². The number of fused-ring (bicyclic) bond motifs is 1. The molecule has 0 radical (unpaired) electrons. The lowest BCUT2D eigenvalue weighted by molar-refractivity contribution is 0.442. The zero-order valence-corrected chi connectivity index (χ0v) is 11.3.